The molecule has 2 aromatic heterocycles. The third kappa shape index (κ3) is 2.41. The molecule has 0 atom stereocenters. The van der Waals surface area contributed by atoms with Crippen molar-refractivity contribution in [2.75, 3.05) is 26.2 Å². The van der Waals surface area contributed by atoms with Gasteiger partial charge in [-0.05, 0) is 12.0 Å². The first-order valence-corrected chi connectivity index (χ1v) is 8.94. The molecular weight excluding hydrogens is 326 g/mol. The molecule has 2 aromatic rings. The van der Waals surface area contributed by atoms with E-state index < -0.39 is 0 Å². The molecule has 4 rings (SSSR count). The number of thiazole rings is 1. The second kappa shape index (κ2) is 5.41. The van der Waals surface area contributed by atoms with Gasteiger partial charge in [0, 0.05) is 42.7 Å². The smallest absolute Gasteiger partial charge is 0.274 e. The Morgan fingerprint density at radius 1 is 1.17 bits per heavy atom. The monoisotopic (exact) mass is 345 g/mol. The predicted octanol–water partition coefficient (Wildman–Crippen LogP) is 1.59. The fourth-order valence-electron chi connectivity index (χ4n) is 3.40. The van der Waals surface area contributed by atoms with E-state index in [-0.39, 0.29) is 17.2 Å². The Morgan fingerprint density at radius 2 is 1.79 bits per heavy atom. The van der Waals surface area contributed by atoms with E-state index in [0.29, 0.717) is 43.5 Å². The lowest BCUT2D eigenvalue weighted by Gasteiger charge is -2.59. The molecule has 4 heterocycles. The Hall–Kier alpha value is -2.22. The summed E-state index contributed by atoms with van der Waals surface area (Å²) in [5, 5.41) is 8.81. The highest BCUT2D eigenvalue weighted by Crippen LogP contribution is 2.40. The van der Waals surface area contributed by atoms with E-state index in [0.717, 1.165) is 5.69 Å². The highest BCUT2D eigenvalue weighted by atomic mass is 32.1. The molecule has 24 heavy (non-hydrogen) atoms. The van der Waals surface area contributed by atoms with Gasteiger partial charge in [0.2, 0.25) is 0 Å². The number of aromatic nitrogens is 3. The molecular formula is C16H19N5O2S. The van der Waals surface area contributed by atoms with Crippen molar-refractivity contribution >= 4 is 23.2 Å². The van der Waals surface area contributed by atoms with Crippen molar-refractivity contribution in [1.29, 1.82) is 0 Å². The zero-order valence-corrected chi connectivity index (χ0v) is 14.5. The van der Waals surface area contributed by atoms with Crippen LogP contribution in [-0.4, -0.2) is 63.0 Å². The van der Waals surface area contributed by atoms with Crippen LogP contribution in [0.5, 0.6) is 0 Å². The van der Waals surface area contributed by atoms with Gasteiger partial charge in [0.15, 0.2) is 0 Å². The van der Waals surface area contributed by atoms with Crippen LogP contribution < -0.4 is 0 Å². The molecule has 2 aliphatic rings. The van der Waals surface area contributed by atoms with E-state index in [1.807, 2.05) is 15.9 Å². The summed E-state index contributed by atoms with van der Waals surface area (Å²) in [5.74, 6) is 0.271. The fraction of sp³-hybridized carbons (Fsp3) is 0.500. The Morgan fingerprint density at radius 3 is 2.29 bits per heavy atom. The molecule has 0 radical (unpaired) electrons. The molecule has 126 valence electrons. The summed E-state index contributed by atoms with van der Waals surface area (Å²) in [6.45, 7) is 6.90. The van der Waals surface area contributed by atoms with Gasteiger partial charge in [-0.25, -0.2) is 4.98 Å². The van der Waals surface area contributed by atoms with Crippen LogP contribution in [-0.2, 0) is 0 Å². The number of carbonyl (C=O) groups is 2. The maximum Gasteiger partial charge on any atom is 0.274 e. The van der Waals surface area contributed by atoms with Gasteiger partial charge in [0.25, 0.3) is 11.8 Å². The van der Waals surface area contributed by atoms with Crippen molar-refractivity contribution in [3.05, 3.63) is 34.0 Å². The molecule has 0 aromatic carbocycles. The van der Waals surface area contributed by atoms with Crippen LogP contribution in [0.2, 0.25) is 0 Å². The first kappa shape index (κ1) is 15.3. The fourth-order valence-corrected chi connectivity index (χ4v) is 3.92. The van der Waals surface area contributed by atoms with Crippen molar-refractivity contribution < 1.29 is 9.59 Å². The number of hydrogen-bond acceptors (Lipinski definition) is 5. The SMILES string of the molecule is CC(C)c1cc(C(=O)N2CC3(CN(C(=O)c4cscn4)C3)C2)n[nH]1. The van der Waals surface area contributed by atoms with Crippen molar-refractivity contribution in [1.82, 2.24) is 25.0 Å². The molecule has 8 heteroatoms. The van der Waals surface area contributed by atoms with Gasteiger partial charge in [-0.15, -0.1) is 11.3 Å². The summed E-state index contributed by atoms with van der Waals surface area (Å²) < 4.78 is 0. The zero-order chi connectivity index (χ0) is 16.9. The van der Waals surface area contributed by atoms with E-state index in [2.05, 4.69) is 29.0 Å². The number of amides is 2. The average molecular weight is 345 g/mol. The van der Waals surface area contributed by atoms with Crippen molar-refractivity contribution in [2.24, 2.45) is 5.41 Å². The Bertz CT molecular complexity index is 768. The molecule has 1 spiro atoms. The van der Waals surface area contributed by atoms with Crippen molar-refractivity contribution in [3.63, 3.8) is 0 Å². The van der Waals surface area contributed by atoms with Crippen molar-refractivity contribution in [3.8, 4) is 0 Å². The summed E-state index contributed by atoms with van der Waals surface area (Å²) >= 11 is 1.42. The number of H-pyrrole nitrogens is 1. The van der Waals surface area contributed by atoms with Crippen LogP contribution in [0.15, 0.2) is 17.0 Å². The second-order valence-electron chi connectivity index (χ2n) is 7.06. The van der Waals surface area contributed by atoms with Crippen LogP contribution >= 0.6 is 11.3 Å². The minimum Gasteiger partial charge on any atom is -0.336 e. The van der Waals surface area contributed by atoms with E-state index in [4.69, 9.17) is 0 Å². The van der Waals surface area contributed by atoms with E-state index in [1.165, 1.54) is 11.3 Å². The summed E-state index contributed by atoms with van der Waals surface area (Å²) in [4.78, 5) is 32.3. The molecule has 2 fully saturated rings. The van der Waals surface area contributed by atoms with Crippen molar-refractivity contribution in [2.45, 2.75) is 19.8 Å². The molecule has 0 bridgehead atoms. The topological polar surface area (TPSA) is 82.2 Å². The first-order valence-electron chi connectivity index (χ1n) is 7.99. The minimum absolute atomic E-state index is 0.0134. The largest absolute Gasteiger partial charge is 0.336 e. The van der Waals surface area contributed by atoms with E-state index in [9.17, 15) is 9.59 Å². The van der Waals surface area contributed by atoms with Gasteiger partial charge < -0.3 is 9.80 Å². The standard InChI is InChI=1S/C16H19N5O2S/c1-10(2)11-3-12(19-18-11)14(22)20-5-16(6-20)7-21(8-16)15(23)13-4-24-9-17-13/h3-4,9-10H,5-8H2,1-2H3,(H,18,19). The Kier molecular flexibility index (Phi) is 3.45. The molecule has 1 N–H and O–H groups in total. The van der Waals surface area contributed by atoms with Gasteiger partial charge in [-0.3, -0.25) is 14.7 Å². The van der Waals surface area contributed by atoms with Crippen LogP contribution in [0.25, 0.3) is 0 Å². The van der Waals surface area contributed by atoms with Gasteiger partial charge >= 0.3 is 0 Å². The number of nitrogens with one attached hydrogen (secondary N) is 1. The lowest BCUT2D eigenvalue weighted by Crippen LogP contribution is -2.73. The van der Waals surface area contributed by atoms with Gasteiger partial charge in [0.05, 0.1) is 5.51 Å². The number of rotatable bonds is 3. The lowest BCUT2D eigenvalue weighted by molar-refractivity contribution is -0.0825. The maximum atomic E-state index is 12.4. The third-order valence-electron chi connectivity index (χ3n) is 4.77. The number of hydrogen-bond donors (Lipinski definition) is 1. The van der Waals surface area contributed by atoms with Crippen LogP contribution in [0.1, 0.15) is 46.4 Å². The molecule has 2 aliphatic heterocycles. The number of nitrogens with zero attached hydrogens (tertiary/aromatic N) is 4. The van der Waals surface area contributed by atoms with E-state index in [1.54, 1.807) is 10.9 Å². The normalized spacial score (nSPS) is 18.6. The maximum absolute atomic E-state index is 12.4. The molecule has 0 aliphatic carbocycles. The summed E-state index contributed by atoms with van der Waals surface area (Å²) in [6.07, 6.45) is 0. The van der Waals surface area contributed by atoms with Crippen LogP contribution in [0.4, 0.5) is 0 Å². The second-order valence-corrected chi connectivity index (χ2v) is 7.78. The number of aromatic amines is 1. The van der Waals surface area contributed by atoms with Crippen LogP contribution in [0.3, 0.4) is 0 Å². The zero-order valence-electron chi connectivity index (χ0n) is 13.7. The lowest BCUT2D eigenvalue weighted by atomic mass is 9.72. The molecule has 0 saturated carbocycles. The molecule has 7 nitrogen and oxygen atoms in total. The molecule has 0 unspecified atom stereocenters. The number of carbonyl (C=O) groups excluding carboxylic acids is 2. The summed E-state index contributed by atoms with van der Waals surface area (Å²) in [7, 11) is 0. The highest BCUT2D eigenvalue weighted by molar-refractivity contribution is 7.07. The minimum atomic E-state index is -0.0342. The van der Waals surface area contributed by atoms with Crippen LogP contribution in [0, 0.1) is 5.41 Å². The summed E-state index contributed by atoms with van der Waals surface area (Å²) in [6, 6.07) is 1.83. The first-order chi connectivity index (χ1) is 11.5. The highest BCUT2D eigenvalue weighted by Gasteiger charge is 2.54. The van der Waals surface area contributed by atoms with E-state index >= 15 is 0 Å². The van der Waals surface area contributed by atoms with Gasteiger partial charge in [-0.2, -0.15) is 5.10 Å². The molecule has 2 saturated heterocycles. The quantitative estimate of drug-likeness (QED) is 0.916. The third-order valence-corrected chi connectivity index (χ3v) is 5.36. The van der Waals surface area contributed by atoms with Gasteiger partial charge in [-0.1, -0.05) is 13.8 Å². The van der Waals surface area contributed by atoms with Gasteiger partial charge in [0.1, 0.15) is 11.4 Å². The number of likely N-dealkylation sites (tertiary alicyclic amines) is 2. The molecule has 2 amide bonds. The Labute approximate surface area is 143 Å². The Balaban J connectivity index is 1.32. The summed E-state index contributed by atoms with van der Waals surface area (Å²) in [5.41, 5.74) is 3.70. The average Bonchev–Trinajstić information content (AvgIpc) is 3.15. The predicted molar refractivity (Wildman–Crippen MR) is 89.0 cm³/mol.